The Bertz CT molecular complexity index is 1380. The van der Waals surface area contributed by atoms with Crippen LogP contribution >= 0.6 is 0 Å². The number of fused-ring (bicyclic) bond motifs is 1. The molecule has 0 bridgehead atoms. The largest absolute Gasteiger partial charge is 0.492 e. The van der Waals surface area contributed by atoms with Crippen LogP contribution in [-0.2, 0) is 23.9 Å². The number of hydrogen-bond donors (Lipinski definition) is 3. The number of nitrogens with one attached hydrogen (secondary N) is 1. The third kappa shape index (κ3) is 5.53. The Morgan fingerprint density at radius 2 is 1.58 bits per heavy atom. The molecule has 0 spiro atoms. The lowest BCUT2D eigenvalue weighted by Gasteiger charge is -2.30. The maximum absolute atomic E-state index is 13.8. The molecule has 0 unspecified atom stereocenters. The van der Waals surface area contributed by atoms with Crippen molar-refractivity contribution in [2.75, 3.05) is 0 Å². The maximum Gasteiger partial charge on any atom is 0.408 e. The average Bonchev–Trinajstić information content (AvgIpc) is 3.54. The molecule has 202 valence electrons. The van der Waals surface area contributed by atoms with E-state index in [1.165, 1.54) is 12.1 Å². The topological polar surface area (TPSA) is 135 Å². The number of amides is 2. The maximum atomic E-state index is 13.8. The summed E-state index contributed by atoms with van der Waals surface area (Å²) in [6.07, 6.45) is -0.951. The second kappa shape index (κ2) is 9.59. The van der Waals surface area contributed by atoms with Crippen molar-refractivity contribution in [1.82, 2.24) is 10.4 Å². The van der Waals surface area contributed by atoms with E-state index in [1.807, 2.05) is 30.3 Å². The quantitative estimate of drug-likeness (QED) is 0.491. The normalized spacial score (nSPS) is 20.7. The molecule has 0 radical (unpaired) electrons. The summed E-state index contributed by atoms with van der Waals surface area (Å²) in [5.74, 6) is -2.90. The SMILES string of the molecule is CC(C)(C)OC(=O)CC(C)(C)OC(=O)N[C@@]1(C(=O)N2OC(O)=c3ccccc3=C2O)C[C@@H]1c1ccccc1. The van der Waals surface area contributed by atoms with Crippen molar-refractivity contribution >= 4 is 29.8 Å². The number of benzene rings is 2. The third-order valence-corrected chi connectivity index (χ3v) is 6.18. The number of rotatable bonds is 6. The van der Waals surface area contributed by atoms with Crippen LogP contribution in [0.5, 0.6) is 0 Å². The van der Waals surface area contributed by atoms with Gasteiger partial charge in [-0.1, -0.05) is 42.5 Å². The summed E-state index contributed by atoms with van der Waals surface area (Å²) in [5, 5.41) is 24.9. The molecule has 2 aromatic rings. The van der Waals surface area contributed by atoms with Crippen LogP contribution in [0.3, 0.4) is 0 Å². The van der Waals surface area contributed by atoms with Gasteiger partial charge in [-0.15, -0.1) is 5.06 Å². The first-order valence-electron chi connectivity index (χ1n) is 12.2. The van der Waals surface area contributed by atoms with Crippen molar-refractivity contribution in [3.05, 3.63) is 70.6 Å². The Kier molecular flexibility index (Phi) is 6.77. The van der Waals surface area contributed by atoms with Crippen molar-refractivity contribution in [3.63, 3.8) is 0 Å². The van der Waals surface area contributed by atoms with Crippen LogP contribution in [0.2, 0.25) is 0 Å². The number of aliphatic hydroxyl groups excluding tert-OH is 2. The molecule has 1 saturated carbocycles. The van der Waals surface area contributed by atoms with Crippen LogP contribution in [0.1, 0.15) is 58.9 Å². The molecule has 1 fully saturated rings. The van der Waals surface area contributed by atoms with Gasteiger partial charge in [-0.3, -0.25) is 9.59 Å². The van der Waals surface area contributed by atoms with E-state index in [1.54, 1.807) is 46.8 Å². The molecule has 2 atom stereocenters. The first-order chi connectivity index (χ1) is 17.7. The molecule has 10 heteroatoms. The van der Waals surface area contributed by atoms with Crippen molar-refractivity contribution in [3.8, 4) is 0 Å². The lowest BCUT2D eigenvalue weighted by molar-refractivity contribution is -0.165. The molecule has 10 nitrogen and oxygen atoms in total. The van der Waals surface area contributed by atoms with Crippen LogP contribution in [0.25, 0.3) is 11.8 Å². The van der Waals surface area contributed by atoms with Crippen molar-refractivity contribution in [2.45, 2.75) is 70.1 Å². The molecule has 4 rings (SSSR count). The van der Waals surface area contributed by atoms with E-state index in [4.69, 9.17) is 14.3 Å². The summed E-state index contributed by atoms with van der Waals surface area (Å²) in [6.45, 7) is 8.33. The molecule has 0 aromatic heterocycles. The molecule has 38 heavy (non-hydrogen) atoms. The Hall–Kier alpha value is -4.21. The Balaban J connectivity index is 1.59. The van der Waals surface area contributed by atoms with Gasteiger partial charge in [0.25, 0.3) is 5.91 Å². The summed E-state index contributed by atoms with van der Waals surface area (Å²) in [5.41, 5.74) is -2.70. The number of ether oxygens (including phenoxy) is 2. The third-order valence-electron chi connectivity index (χ3n) is 6.18. The number of hydrogen-bond acceptors (Lipinski definition) is 8. The van der Waals surface area contributed by atoms with Gasteiger partial charge in [0.15, 0.2) is 0 Å². The zero-order valence-corrected chi connectivity index (χ0v) is 22.0. The van der Waals surface area contributed by atoms with Gasteiger partial charge in [0.1, 0.15) is 16.7 Å². The van der Waals surface area contributed by atoms with Crippen molar-refractivity contribution in [2.24, 2.45) is 0 Å². The highest BCUT2D eigenvalue weighted by Gasteiger charge is 2.65. The highest BCUT2D eigenvalue weighted by atomic mass is 16.8. The van der Waals surface area contributed by atoms with E-state index < -0.39 is 52.5 Å². The van der Waals surface area contributed by atoms with Crippen molar-refractivity contribution in [1.29, 1.82) is 0 Å². The fraction of sp³-hybridized carbons (Fsp3) is 0.393. The molecule has 2 aromatic carbocycles. The first kappa shape index (κ1) is 26.8. The average molecular weight is 525 g/mol. The molecular formula is C28H32N2O8. The van der Waals surface area contributed by atoms with Gasteiger partial charge in [0.2, 0.25) is 5.88 Å². The molecule has 3 N–H and O–H groups in total. The molecular weight excluding hydrogens is 492 g/mol. The van der Waals surface area contributed by atoms with Crippen LogP contribution in [-0.4, -0.2) is 50.0 Å². The molecule has 2 amide bonds. The number of aliphatic hydroxyl groups is 2. The number of nitrogens with zero attached hydrogens (tertiary/aromatic N) is 1. The summed E-state index contributed by atoms with van der Waals surface area (Å²) in [4.78, 5) is 44.5. The van der Waals surface area contributed by atoms with Crippen molar-refractivity contribution < 1.29 is 38.9 Å². The van der Waals surface area contributed by atoms with Gasteiger partial charge in [-0.2, -0.15) is 0 Å². The van der Waals surface area contributed by atoms with Gasteiger partial charge in [-0.25, -0.2) is 4.79 Å². The van der Waals surface area contributed by atoms with E-state index >= 15 is 0 Å². The summed E-state index contributed by atoms with van der Waals surface area (Å²) in [7, 11) is 0. The fourth-order valence-corrected chi connectivity index (χ4v) is 4.47. The number of esters is 1. The Labute approximate surface area is 220 Å². The van der Waals surface area contributed by atoms with Crippen LogP contribution in [0.4, 0.5) is 4.79 Å². The fourth-order valence-electron chi connectivity index (χ4n) is 4.47. The van der Waals surface area contributed by atoms with Gasteiger partial charge < -0.3 is 29.8 Å². The van der Waals surface area contributed by atoms with Crippen LogP contribution < -0.4 is 15.8 Å². The van der Waals surface area contributed by atoms with E-state index in [0.29, 0.717) is 5.06 Å². The zero-order chi connectivity index (χ0) is 27.9. The highest BCUT2D eigenvalue weighted by molar-refractivity contribution is 5.97. The zero-order valence-electron chi connectivity index (χ0n) is 22.0. The standard InChI is InChI=1S/C28H32N2O8/c1-26(2,3)36-21(31)16-27(4,5)37-25(35)29-28(15-20(28)17-11-7-6-8-12-17)24(34)30-22(32)18-13-9-10-14-19(18)23(33)38-30/h6-14,20,32-33H,15-16H2,1-5H3,(H,29,35)/t20-,28+/m1/s1. The van der Waals surface area contributed by atoms with E-state index in [0.717, 1.165) is 5.56 Å². The second-order valence-electron chi connectivity index (χ2n) is 11.0. The second-order valence-corrected chi connectivity index (χ2v) is 11.0. The van der Waals surface area contributed by atoms with E-state index in [2.05, 4.69) is 5.32 Å². The highest BCUT2D eigenvalue weighted by Crippen LogP contribution is 2.53. The summed E-state index contributed by atoms with van der Waals surface area (Å²) >= 11 is 0. The van der Waals surface area contributed by atoms with Crippen LogP contribution in [0, 0.1) is 0 Å². The summed E-state index contributed by atoms with van der Waals surface area (Å²) in [6, 6.07) is 15.4. The van der Waals surface area contributed by atoms with Crippen LogP contribution in [0.15, 0.2) is 54.6 Å². The summed E-state index contributed by atoms with van der Waals surface area (Å²) < 4.78 is 10.9. The molecule has 1 aliphatic heterocycles. The first-order valence-corrected chi connectivity index (χ1v) is 12.2. The number of carbonyl (C=O) groups is 3. The van der Waals surface area contributed by atoms with Gasteiger partial charge >= 0.3 is 18.0 Å². The smallest absolute Gasteiger partial charge is 0.408 e. The van der Waals surface area contributed by atoms with E-state index in [-0.39, 0.29) is 23.3 Å². The predicted octanol–water partition coefficient (Wildman–Crippen LogP) is 2.87. The molecule has 1 heterocycles. The van der Waals surface area contributed by atoms with E-state index in [9.17, 15) is 24.6 Å². The minimum absolute atomic E-state index is 0.187. The number of alkyl carbamates (subject to hydrolysis) is 1. The number of hydroxylamine groups is 2. The lowest BCUT2D eigenvalue weighted by atomic mass is 10.0. The Morgan fingerprint density at radius 1 is 0.974 bits per heavy atom. The minimum Gasteiger partial charge on any atom is -0.492 e. The minimum atomic E-state index is -1.54. The predicted molar refractivity (Wildman–Crippen MR) is 136 cm³/mol. The monoisotopic (exact) mass is 524 g/mol. The Morgan fingerprint density at radius 3 is 2.21 bits per heavy atom. The molecule has 2 aliphatic rings. The lowest BCUT2D eigenvalue weighted by Crippen LogP contribution is -2.55. The number of carbonyl (C=O) groups excluding carboxylic acids is 3. The van der Waals surface area contributed by atoms with Gasteiger partial charge in [0.05, 0.1) is 16.9 Å². The van der Waals surface area contributed by atoms with Gasteiger partial charge in [-0.05, 0) is 58.7 Å². The van der Waals surface area contributed by atoms with Gasteiger partial charge in [0, 0.05) is 5.92 Å². The molecule has 1 aliphatic carbocycles. The molecule has 0 saturated heterocycles.